The highest BCUT2D eigenvalue weighted by atomic mass is 16.3. The monoisotopic (exact) mass is 242 g/mol. The lowest BCUT2D eigenvalue weighted by Crippen LogP contribution is -2.09. The van der Waals surface area contributed by atoms with E-state index >= 15 is 0 Å². The summed E-state index contributed by atoms with van der Waals surface area (Å²) < 4.78 is 0. The number of carbonyl (C=O) groups is 1. The van der Waals surface area contributed by atoms with E-state index in [1.165, 1.54) is 12.1 Å². The van der Waals surface area contributed by atoms with E-state index in [2.05, 4.69) is 0 Å². The van der Waals surface area contributed by atoms with E-state index in [0.717, 1.165) is 0 Å². The lowest BCUT2D eigenvalue weighted by atomic mass is 9.92. The third-order valence-electron chi connectivity index (χ3n) is 2.95. The Balaban J connectivity index is 2.28. The Labute approximate surface area is 105 Å². The van der Waals surface area contributed by atoms with Crippen molar-refractivity contribution in [1.29, 1.82) is 0 Å². The number of hydrogen-bond donors (Lipinski definition) is 2. The van der Waals surface area contributed by atoms with Gasteiger partial charge in [-0.2, -0.15) is 0 Å². The zero-order chi connectivity index (χ0) is 13.1. The molecular weight excluding hydrogens is 228 g/mol. The third kappa shape index (κ3) is 2.35. The van der Waals surface area contributed by atoms with Gasteiger partial charge in [0.25, 0.3) is 0 Å². The van der Waals surface area contributed by atoms with Crippen LogP contribution in [0.4, 0.5) is 0 Å². The van der Waals surface area contributed by atoms with Crippen LogP contribution in [0.25, 0.3) is 0 Å². The van der Waals surface area contributed by atoms with Crippen molar-refractivity contribution in [2.24, 2.45) is 0 Å². The molecule has 0 aliphatic heterocycles. The van der Waals surface area contributed by atoms with Gasteiger partial charge < -0.3 is 10.2 Å². The second-order valence-electron chi connectivity index (χ2n) is 4.20. The van der Waals surface area contributed by atoms with Gasteiger partial charge in [-0.25, -0.2) is 0 Å². The molecule has 0 bridgehead atoms. The normalized spacial score (nSPS) is 12.1. The fourth-order valence-electron chi connectivity index (χ4n) is 1.81. The summed E-state index contributed by atoms with van der Waals surface area (Å²) in [6, 6.07) is 13.5. The van der Waals surface area contributed by atoms with Crippen molar-refractivity contribution in [1.82, 2.24) is 0 Å². The molecule has 2 rings (SSSR count). The molecule has 0 aliphatic rings. The Morgan fingerprint density at radius 1 is 1.00 bits per heavy atom. The molecule has 18 heavy (non-hydrogen) atoms. The van der Waals surface area contributed by atoms with Gasteiger partial charge in [0.15, 0.2) is 17.3 Å². The van der Waals surface area contributed by atoms with Gasteiger partial charge in [0, 0.05) is 11.5 Å². The van der Waals surface area contributed by atoms with E-state index in [1.807, 2.05) is 18.2 Å². The van der Waals surface area contributed by atoms with Crippen molar-refractivity contribution in [2.45, 2.75) is 12.8 Å². The minimum atomic E-state index is -0.362. The number of rotatable bonds is 3. The van der Waals surface area contributed by atoms with Crippen LogP contribution in [0.5, 0.6) is 11.5 Å². The molecule has 2 aromatic rings. The molecule has 0 spiro atoms. The van der Waals surface area contributed by atoms with Gasteiger partial charge in [-0.1, -0.05) is 43.3 Å². The summed E-state index contributed by atoms with van der Waals surface area (Å²) >= 11 is 0. The van der Waals surface area contributed by atoms with Gasteiger partial charge in [0.2, 0.25) is 0 Å². The Hall–Kier alpha value is -2.29. The first-order valence-electron chi connectivity index (χ1n) is 5.70. The molecule has 3 nitrogen and oxygen atoms in total. The van der Waals surface area contributed by atoms with Crippen LogP contribution in [-0.2, 0) is 0 Å². The summed E-state index contributed by atoms with van der Waals surface area (Å²) in [5.41, 5.74) is 1.32. The lowest BCUT2D eigenvalue weighted by molar-refractivity contribution is 0.0966. The zero-order valence-electron chi connectivity index (χ0n) is 10.00. The molecule has 2 aromatic carbocycles. The highest BCUT2D eigenvalue weighted by molar-refractivity contribution is 6.00. The fourth-order valence-corrected chi connectivity index (χ4v) is 1.81. The summed E-state index contributed by atoms with van der Waals surface area (Å²) in [6.07, 6.45) is 0. The van der Waals surface area contributed by atoms with E-state index < -0.39 is 0 Å². The van der Waals surface area contributed by atoms with Gasteiger partial charge in [-0.3, -0.25) is 4.79 Å². The molecule has 0 amide bonds. The van der Waals surface area contributed by atoms with E-state index in [-0.39, 0.29) is 23.2 Å². The number of carbonyl (C=O) groups excluding carboxylic acids is 1. The van der Waals surface area contributed by atoms with Crippen LogP contribution in [0.2, 0.25) is 0 Å². The Kier molecular flexibility index (Phi) is 3.33. The molecule has 0 saturated carbocycles. The predicted molar refractivity (Wildman–Crippen MR) is 69.0 cm³/mol. The predicted octanol–water partition coefficient (Wildman–Crippen LogP) is 3.08. The van der Waals surface area contributed by atoms with E-state index in [0.29, 0.717) is 11.1 Å². The number of Topliss-reactive ketones (excluding diaryl/α,β-unsaturated/α-hetero) is 1. The van der Waals surface area contributed by atoms with Crippen molar-refractivity contribution < 1.29 is 15.0 Å². The van der Waals surface area contributed by atoms with Crippen molar-refractivity contribution in [2.75, 3.05) is 0 Å². The maximum atomic E-state index is 12.2. The van der Waals surface area contributed by atoms with Crippen LogP contribution in [0.3, 0.4) is 0 Å². The highest BCUT2D eigenvalue weighted by Crippen LogP contribution is 2.29. The molecule has 0 saturated heterocycles. The average molecular weight is 242 g/mol. The van der Waals surface area contributed by atoms with E-state index in [4.69, 9.17) is 0 Å². The molecule has 2 N–H and O–H groups in total. The van der Waals surface area contributed by atoms with Gasteiger partial charge in [-0.05, 0) is 17.7 Å². The number of phenolic OH excluding ortho intramolecular Hbond substituents is 2. The summed E-state index contributed by atoms with van der Waals surface area (Å²) in [5, 5.41) is 18.7. The number of ketones is 1. The number of aromatic hydroxyl groups is 2. The Morgan fingerprint density at radius 2 is 1.67 bits per heavy atom. The molecule has 1 atom stereocenters. The second kappa shape index (κ2) is 4.92. The Morgan fingerprint density at radius 3 is 2.28 bits per heavy atom. The molecule has 0 radical (unpaired) electrons. The van der Waals surface area contributed by atoms with Crippen molar-refractivity contribution in [3.8, 4) is 11.5 Å². The SMILES string of the molecule is CC(C(=O)c1ccccc1)c1ccc(O)c(O)c1. The number of hydrogen-bond acceptors (Lipinski definition) is 3. The first kappa shape index (κ1) is 12.2. The minimum absolute atomic E-state index is 0.0133. The van der Waals surface area contributed by atoms with Crippen LogP contribution < -0.4 is 0 Å². The fraction of sp³-hybridized carbons (Fsp3) is 0.133. The highest BCUT2D eigenvalue weighted by Gasteiger charge is 2.17. The average Bonchev–Trinajstić information content (AvgIpc) is 2.41. The summed E-state index contributed by atoms with van der Waals surface area (Å²) in [6.45, 7) is 1.78. The summed E-state index contributed by atoms with van der Waals surface area (Å²) in [7, 11) is 0. The summed E-state index contributed by atoms with van der Waals surface area (Å²) in [5.74, 6) is -0.766. The second-order valence-corrected chi connectivity index (χ2v) is 4.20. The molecule has 3 heteroatoms. The van der Waals surface area contributed by atoms with Crippen molar-refractivity contribution >= 4 is 5.78 Å². The maximum Gasteiger partial charge on any atom is 0.170 e. The quantitative estimate of drug-likeness (QED) is 0.642. The standard InChI is InChI=1S/C15H14O3/c1-10(12-7-8-13(16)14(17)9-12)15(18)11-5-3-2-4-6-11/h2-10,16-17H,1H3. The maximum absolute atomic E-state index is 12.2. The van der Waals surface area contributed by atoms with Crippen LogP contribution in [0.15, 0.2) is 48.5 Å². The number of phenols is 2. The van der Waals surface area contributed by atoms with Gasteiger partial charge in [0.1, 0.15) is 0 Å². The van der Waals surface area contributed by atoms with Crippen LogP contribution in [0.1, 0.15) is 28.8 Å². The summed E-state index contributed by atoms with van der Waals surface area (Å²) in [4.78, 5) is 12.2. The van der Waals surface area contributed by atoms with Crippen LogP contribution >= 0.6 is 0 Å². The molecule has 0 aliphatic carbocycles. The molecule has 1 unspecified atom stereocenters. The first-order chi connectivity index (χ1) is 8.59. The van der Waals surface area contributed by atoms with Gasteiger partial charge in [-0.15, -0.1) is 0 Å². The zero-order valence-corrected chi connectivity index (χ0v) is 10.00. The molecule has 0 heterocycles. The molecule has 92 valence electrons. The van der Waals surface area contributed by atoms with Crippen molar-refractivity contribution in [3.63, 3.8) is 0 Å². The van der Waals surface area contributed by atoms with Gasteiger partial charge in [0.05, 0.1) is 0 Å². The molecule has 0 aromatic heterocycles. The van der Waals surface area contributed by atoms with Crippen LogP contribution in [0, 0.1) is 0 Å². The third-order valence-corrected chi connectivity index (χ3v) is 2.95. The smallest absolute Gasteiger partial charge is 0.170 e. The van der Waals surface area contributed by atoms with Crippen molar-refractivity contribution in [3.05, 3.63) is 59.7 Å². The first-order valence-corrected chi connectivity index (χ1v) is 5.70. The Bertz CT molecular complexity index is 561. The molecular formula is C15H14O3. The van der Waals surface area contributed by atoms with E-state index in [9.17, 15) is 15.0 Å². The van der Waals surface area contributed by atoms with Crippen LogP contribution in [-0.4, -0.2) is 16.0 Å². The topological polar surface area (TPSA) is 57.5 Å². The largest absolute Gasteiger partial charge is 0.504 e. The van der Waals surface area contributed by atoms with E-state index in [1.54, 1.807) is 25.1 Å². The molecule has 0 fully saturated rings. The lowest BCUT2D eigenvalue weighted by Gasteiger charge is -2.11. The number of benzene rings is 2. The van der Waals surface area contributed by atoms with Gasteiger partial charge >= 0.3 is 0 Å². The minimum Gasteiger partial charge on any atom is -0.504 e.